The minimum atomic E-state index is -3.44. The van der Waals surface area contributed by atoms with Crippen LogP contribution in [0.3, 0.4) is 0 Å². The summed E-state index contributed by atoms with van der Waals surface area (Å²) >= 11 is 0. The van der Waals surface area contributed by atoms with Gasteiger partial charge < -0.3 is 14.4 Å². The highest BCUT2D eigenvalue weighted by Crippen LogP contribution is 2.40. The van der Waals surface area contributed by atoms with Crippen molar-refractivity contribution in [3.8, 4) is 17.2 Å². The molecule has 0 saturated carbocycles. The second-order valence-corrected chi connectivity index (χ2v) is 10.9. The molecule has 2 aliphatic rings. The predicted octanol–water partition coefficient (Wildman–Crippen LogP) is 4.72. The number of fused-ring (bicyclic) bond motifs is 2. The van der Waals surface area contributed by atoms with Crippen LogP contribution in [0.2, 0.25) is 0 Å². The average molecular weight is 492 g/mol. The summed E-state index contributed by atoms with van der Waals surface area (Å²) in [6, 6.07) is 20.8. The summed E-state index contributed by atoms with van der Waals surface area (Å²) in [4.78, 5) is 7.15. The summed E-state index contributed by atoms with van der Waals surface area (Å²) < 4.78 is 39.8. The van der Waals surface area contributed by atoms with Gasteiger partial charge in [-0.3, -0.25) is 0 Å². The van der Waals surface area contributed by atoms with Crippen LogP contribution in [0.15, 0.2) is 71.7 Å². The molecule has 1 fully saturated rings. The van der Waals surface area contributed by atoms with Gasteiger partial charge in [0.2, 0.25) is 10.0 Å². The van der Waals surface area contributed by atoms with Gasteiger partial charge >= 0.3 is 0 Å². The van der Waals surface area contributed by atoms with Crippen LogP contribution in [0.5, 0.6) is 17.2 Å². The highest BCUT2D eigenvalue weighted by atomic mass is 32.2. The van der Waals surface area contributed by atoms with Crippen molar-refractivity contribution in [2.45, 2.75) is 25.6 Å². The van der Waals surface area contributed by atoms with Gasteiger partial charge in [-0.25, -0.2) is 13.4 Å². The molecule has 1 atom stereocenters. The molecular formula is C27H29N3O4S. The SMILES string of the molecule is COc1ccc2c(c1)Oc1cc(C)ccc1N=C2N1CCN(S(=O)(=O)Cc2ccccc2)C(C)C1. The van der Waals surface area contributed by atoms with Crippen LogP contribution >= 0.6 is 0 Å². The zero-order valence-electron chi connectivity index (χ0n) is 20.1. The Kier molecular flexibility index (Phi) is 6.25. The third-order valence-electron chi connectivity index (χ3n) is 6.41. The number of nitrogens with zero attached hydrogens (tertiary/aromatic N) is 3. The lowest BCUT2D eigenvalue weighted by atomic mass is 10.1. The first-order valence-corrected chi connectivity index (χ1v) is 13.3. The van der Waals surface area contributed by atoms with Gasteiger partial charge in [0.15, 0.2) is 5.75 Å². The monoisotopic (exact) mass is 491 g/mol. The molecule has 0 bridgehead atoms. The molecule has 2 aliphatic heterocycles. The number of aliphatic imine (C=N–C) groups is 1. The first-order chi connectivity index (χ1) is 16.8. The van der Waals surface area contributed by atoms with Crippen LogP contribution < -0.4 is 9.47 Å². The molecular weight excluding hydrogens is 462 g/mol. The molecule has 8 heteroatoms. The van der Waals surface area contributed by atoms with E-state index in [0.29, 0.717) is 36.9 Å². The summed E-state index contributed by atoms with van der Waals surface area (Å²) in [5.41, 5.74) is 3.47. The number of methoxy groups -OCH3 is 1. The van der Waals surface area contributed by atoms with E-state index in [1.807, 2.05) is 80.6 Å². The van der Waals surface area contributed by atoms with Crippen LogP contribution in [-0.4, -0.2) is 56.2 Å². The van der Waals surface area contributed by atoms with Gasteiger partial charge in [-0.05, 0) is 49.2 Å². The van der Waals surface area contributed by atoms with Crippen LogP contribution in [0.25, 0.3) is 0 Å². The molecule has 1 saturated heterocycles. The number of hydrogen-bond donors (Lipinski definition) is 0. The van der Waals surface area contributed by atoms with Crippen LogP contribution in [0.4, 0.5) is 5.69 Å². The number of sulfonamides is 1. The maximum Gasteiger partial charge on any atom is 0.218 e. The Morgan fingerprint density at radius 1 is 1.03 bits per heavy atom. The van der Waals surface area contributed by atoms with Gasteiger partial charge in [0, 0.05) is 31.7 Å². The number of piperazine rings is 1. The maximum absolute atomic E-state index is 13.2. The van der Waals surface area contributed by atoms with E-state index < -0.39 is 10.0 Å². The fourth-order valence-corrected chi connectivity index (χ4v) is 6.40. The van der Waals surface area contributed by atoms with Gasteiger partial charge in [0.25, 0.3) is 0 Å². The summed E-state index contributed by atoms with van der Waals surface area (Å²) in [5.74, 6) is 2.83. The molecule has 0 aliphatic carbocycles. The van der Waals surface area contributed by atoms with E-state index in [4.69, 9.17) is 14.5 Å². The van der Waals surface area contributed by atoms with E-state index in [-0.39, 0.29) is 11.8 Å². The standard InChI is InChI=1S/C27H29N3O4S/c1-19-9-12-24-26(15-19)34-25-16-22(33-3)10-11-23(25)27(28-24)29-13-14-30(20(2)17-29)35(31,32)18-21-7-5-4-6-8-21/h4-12,15-16,20H,13-14,17-18H2,1-3H3. The topological polar surface area (TPSA) is 71.4 Å². The first kappa shape index (κ1) is 23.4. The average Bonchev–Trinajstić information content (AvgIpc) is 2.99. The van der Waals surface area contributed by atoms with Gasteiger partial charge in [-0.15, -0.1) is 0 Å². The number of hydrogen-bond acceptors (Lipinski definition) is 6. The molecule has 3 aromatic carbocycles. The fraction of sp³-hybridized carbons (Fsp3) is 0.296. The Bertz CT molecular complexity index is 1370. The van der Waals surface area contributed by atoms with E-state index in [0.717, 1.165) is 28.2 Å². The molecule has 1 unspecified atom stereocenters. The minimum absolute atomic E-state index is 0.00230. The smallest absolute Gasteiger partial charge is 0.218 e. The molecule has 182 valence electrons. The number of ether oxygens (including phenoxy) is 2. The number of amidine groups is 1. The molecule has 7 nitrogen and oxygen atoms in total. The van der Waals surface area contributed by atoms with Gasteiger partial charge in [-0.1, -0.05) is 36.4 Å². The molecule has 0 radical (unpaired) electrons. The van der Waals surface area contributed by atoms with Crippen molar-refractivity contribution in [2.24, 2.45) is 4.99 Å². The Morgan fingerprint density at radius 3 is 2.57 bits per heavy atom. The number of benzene rings is 3. The summed E-state index contributed by atoms with van der Waals surface area (Å²) in [6.07, 6.45) is 0. The largest absolute Gasteiger partial charge is 0.497 e. The fourth-order valence-electron chi connectivity index (χ4n) is 4.64. The number of rotatable bonds is 4. The second-order valence-electron chi connectivity index (χ2n) is 9.02. The Morgan fingerprint density at radius 2 is 1.83 bits per heavy atom. The zero-order valence-corrected chi connectivity index (χ0v) is 21.0. The summed E-state index contributed by atoms with van der Waals surface area (Å²) in [5, 5.41) is 0. The van der Waals surface area contributed by atoms with Crippen molar-refractivity contribution >= 4 is 21.5 Å². The lowest BCUT2D eigenvalue weighted by molar-refractivity contribution is 0.205. The zero-order chi connectivity index (χ0) is 24.6. The third-order valence-corrected chi connectivity index (χ3v) is 8.36. The molecule has 0 aromatic heterocycles. The van der Waals surface area contributed by atoms with Gasteiger partial charge in [-0.2, -0.15) is 4.31 Å². The minimum Gasteiger partial charge on any atom is -0.497 e. The lowest BCUT2D eigenvalue weighted by Crippen LogP contribution is -2.55. The van der Waals surface area contributed by atoms with Crippen molar-refractivity contribution < 1.29 is 17.9 Å². The molecule has 0 amide bonds. The van der Waals surface area contributed by atoms with Gasteiger partial charge in [0.1, 0.15) is 23.0 Å². The molecule has 5 rings (SSSR count). The normalized spacial score (nSPS) is 18.1. The highest BCUT2D eigenvalue weighted by Gasteiger charge is 2.35. The molecule has 0 N–H and O–H groups in total. The van der Waals surface area contributed by atoms with E-state index in [9.17, 15) is 8.42 Å². The van der Waals surface area contributed by atoms with Crippen molar-refractivity contribution in [2.75, 3.05) is 26.7 Å². The third kappa shape index (κ3) is 4.76. The van der Waals surface area contributed by atoms with Crippen molar-refractivity contribution in [3.05, 3.63) is 83.4 Å². The maximum atomic E-state index is 13.2. The quantitative estimate of drug-likeness (QED) is 0.528. The number of aryl methyl sites for hydroxylation is 1. The molecule has 35 heavy (non-hydrogen) atoms. The Labute approximate surface area is 206 Å². The van der Waals surface area contributed by atoms with E-state index in [1.54, 1.807) is 11.4 Å². The second kappa shape index (κ2) is 9.36. The highest BCUT2D eigenvalue weighted by molar-refractivity contribution is 7.88. The Hall–Kier alpha value is -3.36. The first-order valence-electron chi connectivity index (χ1n) is 11.7. The Balaban J connectivity index is 1.45. The molecule has 3 aromatic rings. The lowest BCUT2D eigenvalue weighted by Gasteiger charge is -2.40. The van der Waals surface area contributed by atoms with Crippen molar-refractivity contribution in [3.63, 3.8) is 0 Å². The summed E-state index contributed by atoms with van der Waals surface area (Å²) in [7, 11) is -1.82. The van der Waals surface area contributed by atoms with Crippen LogP contribution in [0, 0.1) is 6.92 Å². The van der Waals surface area contributed by atoms with E-state index in [2.05, 4.69) is 4.90 Å². The predicted molar refractivity (Wildman–Crippen MR) is 137 cm³/mol. The van der Waals surface area contributed by atoms with Crippen LogP contribution in [0.1, 0.15) is 23.6 Å². The van der Waals surface area contributed by atoms with E-state index in [1.165, 1.54) is 0 Å². The van der Waals surface area contributed by atoms with Gasteiger partial charge in [0.05, 0.1) is 18.4 Å². The van der Waals surface area contributed by atoms with E-state index >= 15 is 0 Å². The molecule has 2 heterocycles. The van der Waals surface area contributed by atoms with Crippen molar-refractivity contribution in [1.82, 2.24) is 9.21 Å². The summed E-state index contributed by atoms with van der Waals surface area (Å²) in [6.45, 7) is 5.42. The van der Waals surface area contributed by atoms with Crippen LogP contribution in [-0.2, 0) is 15.8 Å². The van der Waals surface area contributed by atoms with Crippen molar-refractivity contribution in [1.29, 1.82) is 0 Å². The molecule has 0 spiro atoms.